The Bertz CT molecular complexity index is 1080. The molecule has 9 heteroatoms. The summed E-state index contributed by atoms with van der Waals surface area (Å²) in [7, 11) is 0. The van der Waals surface area contributed by atoms with Crippen molar-refractivity contribution in [3.8, 4) is 5.13 Å². The van der Waals surface area contributed by atoms with Crippen LogP contribution in [0.1, 0.15) is 15.9 Å². The number of thiazole rings is 1. The Labute approximate surface area is 151 Å². The molecule has 1 N–H and O–H groups in total. The monoisotopic (exact) mass is 370 g/mol. The summed E-state index contributed by atoms with van der Waals surface area (Å²) in [6, 6.07) is 1.75. The maximum Gasteiger partial charge on any atom is 0.341 e. The highest BCUT2D eigenvalue weighted by Gasteiger charge is 2.28. The van der Waals surface area contributed by atoms with Crippen LogP contribution in [0.25, 0.3) is 16.2 Å². The standard InChI is InChI=1S/C17H14N4O4S/c1-9-4-12(20-5-10(6-20)8-22)19-15-13(9)14(23)11(16(24)25)7-21(15)17-18-2-3-26-17/h2-4,7-8,10H,5-6H2,1H3,(H,24,25). The van der Waals surface area contributed by atoms with E-state index in [1.165, 1.54) is 17.5 Å². The van der Waals surface area contributed by atoms with E-state index in [1.54, 1.807) is 29.1 Å². The van der Waals surface area contributed by atoms with Crippen LogP contribution < -0.4 is 10.3 Å². The first-order chi connectivity index (χ1) is 12.5. The van der Waals surface area contributed by atoms with Crippen molar-refractivity contribution < 1.29 is 14.7 Å². The number of aromatic carboxylic acids is 1. The molecular formula is C17H14N4O4S. The van der Waals surface area contributed by atoms with Crippen LogP contribution in [-0.4, -0.2) is 45.0 Å². The van der Waals surface area contributed by atoms with Gasteiger partial charge in [0, 0.05) is 36.8 Å². The van der Waals surface area contributed by atoms with Gasteiger partial charge < -0.3 is 14.8 Å². The van der Waals surface area contributed by atoms with Gasteiger partial charge in [0.25, 0.3) is 0 Å². The van der Waals surface area contributed by atoms with Crippen LogP contribution in [0.2, 0.25) is 0 Å². The fourth-order valence-corrected chi connectivity index (χ4v) is 3.68. The summed E-state index contributed by atoms with van der Waals surface area (Å²) in [5, 5.41) is 11.9. The molecule has 0 amide bonds. The fourth-order valence-electron chi connectivity index (χ4n) is 3.06. The van der Waals surface area contributed by atoms with Crippen molar-refractivity contribution >= 4 is 40.4 Å². The van der Waals surface area contributed by atoms with Crippen molar-refractivity contribution in [2.45, 2.75) is 6.92 Å². The van der Waals surface area contributed by atoms with E-state index >= 15 is 0 Å². The molecule has 1 saturated heterocycles. The molecule has 0 spiro atoms. The average Bonchev–Trinajstić information content (AvgIpc) is 3.07. The Morgan fingerprint density at radius 2 is 2.19 bits per heavy atom. The lowest BCUT2D eigenvalue weighted by Gasteiger charge is -2.37. The van der Waals surface area contributed by atoms with E-state index in [-0.39, 0.29) is 16.9 Å². The molecular weight excluding hydrogens is 356 g/mol. The van der Waals surface area contributed by atoms with Gasteiger partial charge in [0.05, 0.1) is 5.39 Å². The molecule has 1 fully saturated rings. The number of aryl methyl sites for hydroxylation is 1. The minimum atomic E-state index is -1.29. The van der Waals surface area contributed by atoms with Gasteiger partial charge in [0.1, 0.15) is 17.7 Å². The zero-order valence-corrected chi connectivity index (χ0v) is 14.6. The van der Waals surface area contributed by atoms with E-state index in [9.17, 15) is 19.5 Å². The van der Waals surface area contributed by atoms with Crippen LogP contribution in [0.5, 0.6) is 0 Å². The summed E-state index contributed by atoms with van der Waals surface area (Å²) in [6.07, 6.45) is 3.80. The molecule has 1 aliphatic rings. The molecule has 26 heavy (non-hydrogen) atoms. The molecule has 0 saturated carbocycles. The Hall–Kier alpha value is -3.07. The third-order valence-electron chi connectivity index (χ3n) is 4.42. The van der Waals surface area contributed by atoms with Gasteiger partial charge in [0.15, 0.2) is 10.8 Å². The molecule has 0 unspecified atom stereocenters. The molecule has 3 aromatic heterocycles. The topological polar surface area (TPSA) is 105 Å². The van der Waals surface area contributed by atoms with E-state index in [2.05, 4.69) is 9.97 Å². The maximum atomic E-state index is 12.7. The summed E-state index contributed by atoms with van der Waals surface area (Å²) in [6.45, 7) is 2.91. The first-order valence-corrected chi connectivity index (χ1v) is 8.78. The number of aldehydes is 1. The number of anilines is 1. The number of carbonyl (C=O) groups is 2. The molecule has 4 rings (SSSR count). The fraction of sp³-hybridized carbons (Fsp3) is 0.235. The Balaban J connectivity index is 1.99. The SMILES string of the molecule is Cc1cc(N2CC(C=O)C2)nc2c1c(=O)c(C(=O)O)cn2-c1nccs1. The molecule has 1 aliphatic heterocycles. The third kappa shape index (κ3) is 2.48. The van der Waals surface area contributed by atoms with Crippen molar-refractivity contribution in [3.63, 3.8) is 0 Å². The summed E-state index contributed by atoms with van der Waals surface area (Å²) in [4.78, 5) is 45.8. The van der Waals surface area contributed by atoms with Gasteiger partial charge in [0.2, 0.25) is 5.43 Å². The van der Waals surface area contributed by atoms with Crippen molar-refractivity contribution in [1.29, 1.82) is 0 Å². The van der Waals surface area contributed by atoms with Gasteiger partial charge in [-0.3, -0.25) is 9.36 Å². The molecule has 4 heterocycles. The van der Waals surface area contributed by atoms with Gasteiger partial charge >= 0.3 is 5.97 Å². The van der Waals surface area contributed by atoms with E-state index in [4.69, 9.17) is 0 Å². The molecule has 0 atom stereocenters. The normalized spacial score (nSPS) is 14.4. The van der Waals surface area contributed by atoms with E-state index < -0.39 is 11.4 Å². The summed E-state index contributed by atoms with van der Waals surface area (Å²) in [5.74, 6) is -0.647. The predicted octanol–water partition coefficient (Wildman–Crippen LogP) is 1.48. The molecule has 132 valence electrons. The summed E-state index contributed by atoms with van der Waals surface area (Å²) < 4.78 is 1.54. The zero-order valence-electron chi connectivity index (χ0n) is 13.7. The van der Waals surface area contributed by atoms with E-state index in [0.717, 1.165) is 6.29 Å². The quantitative estimate of drug-likeness (QED) is 0.694. The largest absolute Gasteiger partial charge is 0.477 e. The van der Waals surface area contributed by atoms with Crippen molar-refractivity contribution in [1.82, 2.24) is 14.5 Å². The highest BCUT2D eigenvalue weighted by molar-refractivity contribution is 7.12. The molecule has 0 radical (unpaired) electrons. The summed E-state index contributed by atoms with van der Waals surface area (Å²) >= 11 is 1.32. The van der Waals surface area contributed by atoms with E-state index in [0.29, 0.717) is 35.2 Å². The number of hydrogen-bond acceptors (Lipinski definition) is 7. The average molecular weight is 370 g/mol. The van der Waals surface area contributed by atoms with Crippen LogP contribution in [0, 0.1) is 12.8 Å². The Kier molecular flexibility index (Phi) is 3.80. The van der Waals surface area contributed by atoms with Crippen molar-refractivity contribution in [3.05, 3.63) is 45.2 Å². The lowest BCUT2D eigenvalue weighted by molar-refractivity contribution is -0.111. The minimum Gasteiger partial charge on any atom is -0.477 e. The Morgan fingerprint density at radius 3 is 2.81 bits per heavy atom. The first-order valence-electron chi connectivity index (χ1n) is 7.90. The third-order valence-corrected chi connectivity index (χ3v) is 5.19. The zero-order chi connectivity index (χ0) is 18.4. The second-order valence-corrected chi connectivity index (χ2v) is 7.03. The highest BCUT2D eigenvalue weighted by Crippen LogP contribution is 2.27. The highest BCUT2D eigenvalue weighted by atomic mass is 32.1. The van der Waals surface area contributed by atoms with Gasteiger partial charge in [-0.25, -0.2) is 14.8 Å². The number of carbonyl (C=O) groups excluding carboxylic acids is 1. The maximum absolute atomic E-state index is 12.7. The number of carboxylic acid groups (broad SMARTS) is 1. The van der Waals surface area contributed by atoms with Gasteiger partial charge in [-0.1, -0.05) is 0 Å². The second kappa shape index (κ2) is 6.03. The summed E-state index contributed by atoms with van der Waals surface area (Å²) in [5.41, 5.74) is 0.110. The molecule has 8 nitrogen and oxygen atoms in total. The molecule has 0 aliphatic carbocycles. The van der Waals surface area contributed by atoms with Gasteiger partial charge in [-0.2, -0.15) is 0 Å². The van der Waals surface area contributed by atoms with Gasteiger partial charge in [-0.15, -0.1) is 11.3 Å². The minimum absolute atomic E-state index is 0.0108. The molecule has 0 aromatic carbocycles. The van der Waals surface area contributed by atoms with Crippen LogP contribution >= 0.6 is 11.3 Å². The number of hydrogen-bond donors (Lipinski definition) is 1. The molecule has 3 aromatic rings. The van der Waals surface area contributed by atoms with Gasteiger partial charge in [-0.05, 0) is 18.6 Å². The van der Waals surface area contributed by atoms with E-state index in [1.807, 2.05) is 4.90 Å². The Morgan fingerprint density at radius 1 is 1.42 bits per heavy atom. The van der Waals surface area contributed by atoms with Crippen LogP contribution in [0.15, 0.2) is 28.6 Å². The predicted molar refractivity (Wildman–Crippen MR) is 96.5 cm³/mol. The van der Waals surface area contributed by atoms with Crippen molar-refractivity contribution in [2.24, 2.45) is 5.92 Å². The number of aromatic nitrogens is 3. The first kappa shape index (κ1) is 16.4. The van der Waals surface area contributed by atoms with Crippen molar-refractivity contribution in [2.75, 3.05) is 18.0 Å². The second-order valence-electron chi connectivity index (χ2n) is 6.16. The number of pyridine rings is 2. The van der Waals surface area contributed by atoms with Crippen LogP contribution in [0.3, 0.4) is 0 Å². The number of fused-ring (bicyclic) bond motifs is 1. The van der Waals surface area contributed by atoms with Crippen LogP contribution in [-0.2, 0) is 4.79 Å². The lowest BCUT2D eigenvalue weighted by Crippen LogP contribution is -2.48. The lowest BCUT2D eigenvalue weighted by atomic mass is 10.0. The number of carboxylic acids is 1. The smallest absolute Gasteiger partial charge is 0.341 e. The van der Waals surface area contributed by atoms with Crippen LogP contribution in [0.4, 0.5) is 5.82 Å². The molecule has 0 bridgehead atoms. The number of rotatable bonds is 4. The number of nitrogens with zero attached hydrogens (tertiary/aromatic N) is 4.